The summed E-state index contributed by atoms with van der Waals surface area (Å²) in [6, 6.07) is 16.0. The highest BCUT2D eigenvalue weighted by atomic mass is 35.5. The second-order valence-corrected chi connectivity index (χ2v) is 8.44. The van der Waals surface area contributed by atoms with Gasteiger partial charge in [-0.2, -0.15) is 5.10 Å². The number of likely N-dealkylation sites (N-methyl/N-ethyl adjacent to an activating group) is 1. The molecule has 4 rings (SSSR count). The number of halogens is 1. The molecular weight excluding hydrogens is 384 g/mol. The van der Waals surface area contributed by atoms with Crippen molar-refractivity contribution < 1.29 is 4.79 Å². The van der Waals surface area contributed by atoms with Gasteiger partial charge in [-0.3, -0.25) is 9.69 Å². The van der Waals surface area contributed by atoms with Gasteiger partial charge in [0, 0.05) is 37.6 Å². The minimum Gasteiger partial charge on any atom is -0.304 e. The fourth-order valence-electron chi connectivity index (χ4n) is 3.95. The van der Waals surface area contributed by atoms with E-state index in [-0.39, 0.29) is 11.9 Å². The van der Waals surface area contributed by atoms with Gasteiger partial charge >= 0.3 is 0 Å². The van der Waals surface area contributed by atoms with E-state index in [2.05, 4.69) is 42.0 Å². The highest BCUT2D eigenvalue weighted by Gasteiger charge is 2.34. The summed E-state index contributed by atoms with van der Waals surface area (Å²) in [6.07, 6.45) is 0.708. The highest BCUT2D eigenvalue weighted by molar-refractivity contribution is 6.30. The number of rotatable bonds is 4. The van der Waals surface area contributed by atoms with E-state index in [1.165, 1.54) is 5.56 Å². The Hall–Kier alpha value is -2.21. The second-order valence-electron chi connectivity index (χ2n) is 8.01. The van der Waals surface area contributed by atoms with Crippen molar-refractivity contribution in [1.29, 1.82) is 0 Å². The molecule has 1 fully saturated rings. The molecule has 0 aliphatic carbocycles. The average molecular weight is 411 g/mol. The summed E-state index contributed by atoms with van der Waals surface area (Å²) in [5, 5.41) is 7.18. The van der Waals surface area contributed by atoms with Crippen LogP contribution in [-0.2, 0) is 4.79 Å². The molecular formula is C23H27ClN4O. The van der Waals surface area contributed by atoms with E-state index in [0.717, 1.165) is 43.0 Å². The Balaban J connectivity index is 1.58. The summed E-state index contributed by atoms with van der Waals surface area (Å²) < 4.78 is 0. The van der Waals surface area contributed by atoms with Gasteiger partial charge in [0.2, 0.25) is 0 Å². The highest BCUT2D eigenvalue weighted by Crippen LogP contribution is 2.33. The van der Waals surface area contributed by atoms with Gasteiger partial charge in [-0.15, -0.1) is 0 Å². The number of aryl methyl sites for hydroxylation is 1. The third-order valence-corrected chi connectivity index (χ3v) is 5.98. The fourth-order valence-corrected chi connectivity index (χ4v) is 4.08. The zero-order valence-corrected chi connectivity index (χ0v) is 17.8. The lowest BCUT2D eigenvalue weighted by Gasteiger charge is -2.33. The van der Waals surface area contributed by atoms with Crippen LogP contribution in [0.4, 0.5) is 0 Å². The maximum Gasteiger partial charge on any atom is 0.257 e. The Bertz CT molecular complexity index is 903. The van der Waals surface area contributed by atoms with Crippen molar-refractivity contribution in [2.75, 3.05) is 39.8 Å². The molecule has 2 aliphatic heterocycles. The monoisotopic (exact) mass is 410 g/mol. The van der Waals surface area contributed by atoms with Gasteiger partial charge in [0.25, 0.3) is 5.91 Å². The summed E-state index contributed by atoms with van der Waals surface area (Å²) in [4.78, 5) is 17.7. The van der Waals surface area contributed by atoms with Gasteiger partial charge in [0.1, 0.15) is 0 Å². The quantitative estimate of drug-likeness (QED) is 0.773. The van der Waals surface area contributed by atoms with Gasteiger partial charge in [-0.05, 0) is 37.2 Å². The number of hydrazone groups is 1. The maximum atomic E-state index is 13.2. The first-order valence-electron chi connectivity index (χ1n) is 10.1. The lowest BCUT2D eigenvalue weighted by Crippen LogP contribution is -2.48. The van der Waals surface area contributed by atoms with Crippen LogP contribution in [0.2, 0.25) is 5.02 Å². The summed E-state index contributed by atoms with van der Waals surface area (Å²) in [5.41, 5.74) is 4.29. The topological polar surface area (TPSA) is 39.2 Å². The van der Waals surface area contributed by atoms with Crippen LogP contribution in [0, 0.1) is 6.92 Å². The van der Waals surface area contributed by atoms with E-state index in [1.54, 1.807) is 5.01 Å². The predicted octanol–water partition coefficient (Wildman–Crippen LogP) is 3.57. The number of carbonyl (C=O) groups excluding carboxylic acids is 1. The molecule has 2 heterocycles. The zero-order chi connectivity index (χ0) is 20.4. The minimum atomic E-state index is -0.0947. The third-order valence-electron chi connectivity index (χ3n) is 5.73. The summed E-state index contributed by atoms with van der Waals surface area (Å²) in [5.74, 6) is 0.0529. The van der Waals surface area contributed by atoms with Gasteiger partial charge in [0.15, 0.2) is 0 Å². The minimum absolute atomic E-state index is 0.0529. The van der Waals surface area contributed by atoms with Crippen LogP contribution in [0.3, 0.4) is 0 Å². The first-order valence-corrected chi connectivity index (χ1v) is 10.5. The molecule has 0 N–H and O–H groups in total. The molecule has 1 saturated heterocycles. The van der Waals surface area contributed by atoms with E-state index in [0.29, 0.717) is 18.0 Å². The SMILES string of the molecule is Cc1cccc(C2=NN(C(=O)CN3CCN(C)CC3)C(c3ccc(Cl)cc3)C2)c1. The van der Waals surface area contributed by atoms with Crippen molar-refractivity contribution in [3.8, 4) is 0 Å². The second kappa shape index (κ2) is 8.66. The standard InChI is InChI=1S/C23H27ClN4O/c1-17-4-3-5-19(14-17)21-15-22(18-6-8-20(24)9-7-18)28(25-21)23(29)16-27-12-10-26(2)11-13-27/h3-9,14,22H,10-13,15-16H2,1-2H3. The smallest absolute Gasteiger partial charge is 0.257 e. The number of nitrogens with zero attached hydrogens (tertiary/aromatic N) is 4. The van der Waals surface area contributed by atoms with Crippen molar-refractivity contribution in [3.05, 3.63) is 70.2 Å². The van der Waals surface area contributed by atoms with Crippen molar-refractivity contribution >= 4 is 23.2 Å². The molecule has 1 unspecified atom stereocenters. The lowest BCUT2D eigenvalue weighted by molar-refractivity contribution is -0.134. The van der Waals surface area contributed by atoms with Gasteiger partial charge in [-0.1, -0.05) is 53.6 Å². The van der Waals surface area contributed by atoms with Crippen LogP contribution in [-0.4, -0.2) is 66.2 Å². The zero-order valence-electron chi connectivity index (χ0n) is 17.0. The lowest BCUT2D eigenvalue weighted by atomic mass is 9.97. The Kier molecular flexibility index (Phi) is 5.99. The van der Waals surface area contributed by atoms with Gasteiger partial charge < -0.3 is 4.90 Å². The van der Waals surface area contributed by atoms with Gasteiger partial charge in [-0.25, -0.2) is 5.01 Å². The molecule has 2 aromatic rings. The van der Waals surface area contributed by atoms with Crippen molar-refractivity contribution in [1.82, 2.24) is 14.8 Å². The normalized spacial score (nSPS) is 20.7. The van der Waals surface area contributed by atoms with Crippen LogP contribution >= 0.6 is 11.6 Å². The maximum absolute atomic E-state index is 13.2. The third kappa shape index (κ3) is 4.69. The Labute approximate surface area is 177 Å². The molecule has 0 aromatic heterocycles. The number of benzene rings is 2. The van der Waals surface area contributed by atoms with E-state index in [9.17, 15) is 4.79 Å². The molecule has 29 heavy (non-hydrogen) atoms. The van der Waals surface area contributed by atoms with E-state index >= 15 is 0 Å². The number of carbonyl (C=O) groups is 1. The number of hydrogen-bond acceptors (Lipinski definition) is 4. The first kappa shape index (κ1) is 20.1. The van der Waals surface area contributed by atoms with Crippen LogP contribution in [0.25, 0.3) is 0 Å². The molecule has 2 aromatic carbocycles. The molecule has 152 valence electrons. The van der Waals surface area contributed by atoms with Crippen LogP contribution in [0.1, 0.15) is 29.2 Å². The van der Waals surface area contributed by atoms with Crippen molar-refractivity contribution in [2.45, 2.75) is 19.4 Å². The molecule has 1 atom stereocenters. The van der Waals surface area contributed by atoms with Crippen molar-refractivity contribution in [3.63, 3.8) is 0 Å². The van der Waals surface area contributed by atoms with Crippen LogP contribution in [0.5, 0.6) is 0 Å². The molecule has 0 saturated carbocycles. The summed E-state index contributed by atoms with van der Waals surface area (Å²) >= 11 is 6.08. The molecule has 0 spiro atoms. The molecule has 2 aliphatic rings. The predicted molar refractivity (Wildman–Crippen MR) is 117 cm³/mol. The molecule has 5 nitrogen and oxygen atoms in total. The van der Waals surface area contributed by atoms with Crippen LogP contribution in [0.15, 0.2) is 53.6 Å². The first-order chi connectivity index (χ1) is 14.0. The molecule has 0 bridgehead atoms. The summed E-state index contributed by atoms with van der Waals surface area (Å²) in [7, 11) is 2.12. The Morgan fingerprint density at radius 1 is 1.10 bits per heavy atom. The van der Waals surface area contributed by atoms with Gasteiger partial charge in [0.05, 0.1) is 18.3 Å². The van der Waals surface area contributed by atoms with E-state index in [1.807, 2.05) is 30.3 Å². The largest absolute Gasteiger partial charge is 0.304 e. The van der Waals surface area contributed by atoms with Crippen molar-refractivity contribution in [2.24, 2.45) is 5.10 Å². The number of hydrogen-bond donors (Lipinski definition) is 0. The average Bonchev–Trinajstić information content (AvgIpc) is 3.16. The molecule has 6 heteroatoms. The van der Waals surface area contributed by atoms with E-state index < -0.39 is 0 Å². The van der Waals surface area contributed by atoms with E-state index in [4.69, 9.17) is 16.7 Å². The summed E-state index contributed by atoms with van der Waals surface area (Å²) in [6.45, 7) is 6.29. The Morgan fingerprint density at radius 2 is 1.83 bits per heavy atom. The Morgan fingerprint density at radius 3 is 2.52 bits per heavy atom. The fraction of sp³-hybridized carbons (Fsp3) is 0.391. The number of amides is 1. The van der Waals surface area contributed by atoms with Crippen LogP contribution < -0.4 is 0 Å². The molecule has 0 radical (unpaired) electrons. The molecule has 1 amide bonds. The number of piperazine rings is 1.